The summed E-state index contributed by atoms with van der Waals surface area (Å²) in [6.45, 7) is 19.2. The first-order chi connectivity index (χ1) is 21.4. The van der Waals surface area contributed by atoms with Crippen molar-refractivity contribution >= 4 is 23.9 Å². The summed E-state index contributed by atoms with van der Waals surface area (Å²) in [6, 6.07) is 0. The van der Waals surface area contributed by atoms with E-state index in [2.05, 4.69) is 48.1 Å². The number of fused-ring (bicyclic) bond motifs is 7. The van der Waals surface area contributed by atoms with Gasteiger partial charge in [0.15, 0.2) is 0 Å². The van der Waals surface area contributed by atoms with Gasteiger partial charge in [-0.1, -0.05) is 46.8 Å². The Morgan fingerprint density at radius 1 is 0.717 bits per heavy atom. The molecule has 2 N–H and O–H groups in total. The third-order valence-corrected chi connectivity index (χ3v) is 15.1. The SMILES string of the molecule is C=C(C)[C@@H]1CC[C@@]2(COC(=O)CCC(=O)O)CC[C@]3(C)[C@@H](CC[C@@H]4[C@]5(C)CC[C@H](OC(=O)CCC(=O)O)C(C)(C)[C@@H]5CC[C@@]43C)[C@H]12. The number of carbonyl (C=O) groups excluding carboxylic acids is 2. The van der Waals surface area contributed by atoms with E-state index in [9.17, 15) is 19.2 Å². The fourth-order valence-corrected chi connectivity index (χ4v) is 12.7. The van der Waals surface area contributed by atoms with Crippen molar-refractivity contribution in [2.24, 2.45) is 56.7 Å². The van der Waals surface area contributed by atoms with E-state index in [4.69, 9.17) is 19.7 Å². The van der Waals surface area contributed by atoms with E-state index in [1.165, 1.54) is 5.57 Å². The van der Waals surface area contributed by atoms with Crippen LogP contribution in [-0.4, -0.2) is 46.8 Å². The molecule has 10 atom stereocenters. The Kier molecular flexibility index (Phi) is 9.31. The van der Waals surface area contributed by atoms with Gasteiger partial charge in [0.1, 0.15) is 6.10 Å². The van der Waals surface area contributed by atoms with Crippen molar-refractivity contribution in [2.45, 2.75) is 138 Å². The molecular weight excluding hydrogens is 584 g/mol. The first-order valence-corrected chi connectivity index (χ1v) is 17.9. The third kappa shape index (κ3) is 5.61. The van der Waals surface area contributed by atoms with Crippen LogP contribution >= 0.6 is 0 Å². The van der Waals surface area contributed by atoms with Crippen molar-refractivity contribution in [1.82, 2.24) is 0 Å². The highest BCUT2D eigenvalue weighted by Gasteiger charge is 2.71. The number of carboxylic acids is 2. The molecule has 0 unspecified atom stereocenters. The van der Waals surface area contributed by atoms with E-state index < -0.39 is 23.9 Å². The standard InChI is InChI=1S/C38H58O8/c1-23(2)24-14-19-38(22-45-31(43)12-10-29(39)40)21-20-36(6)25(33(24)38)8-9-27-35(5)17-16-28(46-32(44)13-11-30(41)42)34(3,4)26(35)15-18-37(27,36)7/h24-28,33H,1,8-22H2,2-7H3,(H,39,40)(H,41,42)/t24-,25-,26-,27+,28-,33-,35+,36+,37-,38-/m0/s1. The summed E-state index contributed by atoms with van der Waals surface area (Å²) in [5.74, 6) is -0.505. The van der Waals surface area contributed by atoms with Crippen LogP contribution in [0.1, 0.15) is 131 Å². The lowest BCUT2D eigenvalue weighted by Crippen LogP contribution is -2.67. The molecule has 0 aromatic heterocycles. The van der Waals surface area contributed by atoms with E-state index in [-0.39, 0.29) is 58.9 Å². The zero-order valence-electron chi connectivity index (χ0n) is 29.1. The number of carbonyl (C=O) groups is 4. The molecule has 0 radical (unpaired) electrons. The quantitative estimate of drug-likeness (QED) is 0.182. The number of rotatable bonds is 10. The van der Waals surface area contributed by atoms with Crippen LogP contribution in [0.15, 0.2) is 12.2 Å². The van der Waals surface area contributed by atoms with Crippen LogP contribution in [0.5, 0.6) is 0 Å². The van der Waals surface area contributed by atoms with E-state index in [0.29, 0.717) is 36.2 Å². The second-order valence-electron chi connectivity index (χ2n) is 17.3. The number of esters is 2. The van der Waals surface area contributed by atoms with Crippen molar-refractivity contribution in [3.05, 3.63) is 12.2 Å². The monoisotopic (exact) mass is 642 g/mol. The molecule has 46 heavy (non-hydrogen) atoms. The van der Waals surface area contributed by atoms with Crippen molar-refractivity contribution < 1.29 is 38.9 Å². The fourth-order valence-electron chi connectivity index (χ4n) is 12.7. The van der Waals surface area contributed by atoms with Crippen LogP contribution in [0.25, 0.3) is 0 Å². The van der Waals surface area contributed by atoms with Gasteiger partial charge in [-0.3, -0.25) is 19.2 Å². The average molecular weight is 643 g/mol. The van der Waals surface area contributed by atoms with Gasteiger partial charge < -0.3 is 19.7 Å². The fraction of sp³-hybridized carbons (Fsp3) is 0.842. The van der Waals surface area contributed by atoms with Crippen LogP contribution in [-0.2, 0) is 28.7 Å². The smallest absolute Gasteiger partial charge is 0.306 e. The topological polar surface area (TPSA) is 127 Å². The number of aliphatic carboxylic acids is 2. The highest BCUT2D eigenvalue weighted by Crippen LogP contribution is 2.77. The van der Waals surface area contributed by atoms with Crippen LogP contribution in [0.3, 0.4) is 0 Å². The van der Waals surface area contributed by atoms with Gasteiger partial charge in [0.25, 0.3) is 0 Å². The molecular formula is C38H58O8. The molecule has 5 aliphatic rings. The molecule has 0 bridgehead atoms. The molecule has 5 aliphatic carbocycles. The van der Waals surface area contributed by atoms with Crippen molar-refractivity contribution in [2.75, 3.05) is 6.61 Å². The molecule has 5 saturated carbocycles. The average Bonchev–Trinajstić information content (AvgIpc) is 3.36. The third-order valence-electron chi connectivity index (χ3n) is 15.1. The van der Waals surface area contributed by atoms with Gasteiger partial charge >= 0.3 is 23.9 Å². The van der Waals surface area contributed by atoms with Crippen molar-refractivity contribution in [1.29, 1.82) is 0 Å². The van der Waals surface area contributed by atoms with Gasteiger partial charge in [0.2, 0.25) is 0 Å². The molecule has 5 rings (SSSR count). The van der Waals surface area contributed by atoms with E-state index in [0.717, 1.165) is 64.2 Å². The molecule has 258 valence electrons. The summed E-state index contributed by atoms with van der Waals surface area (Å²) in [5.41, 5.74) is 1.35. The van der Waals surface area contributed by atoms with Gasteiger partial charge in [0.05, 0.1) is 32.3 Å². The Bertz CT molecular complexity index is 1250. The normalized spacial score (nSPS) is 42.4. The lowest BCUT2D eigenvalue weighted by Gasteiger charge is -2.73. The summed E-state index contributed by atoms with van der Waals surface area (Å²) < 4.78 is 11.9. The maximum absolute atomic E-state index is 12.6. The lowest BCUT2D eigenvalue weighted by atomic mass is 9.32. The first kappa shape index (κ1) is 34.9. The predicted octanol–water partition coefficient (Wildman–Crippen LogP) is 7.83. The van der Waals surface area contributed by atoms with Gasteiger partial charge in [-0.2, -0.15) is 0 Å². The van der Waals surface area contributed by atoms with Crippen molar-refractivity contribution in [3.8, 4) is 0 Å². The number of allylic oxidation sites excluding steroid dienone is 1. The van der Waals surface area contributed by atoms with Gasteiger partial charge in [-0.05, 0) is 117 Å². The highest BCUT2D eigenvalue weighted by atomic mass is 16.5. The first-order valence-electron chi connectivity index (χ1n) is 17.9. The van der Waals surface area contributed by atoms with Crippen molar-refractivity contribution in [3.63, 3.8) is 0 Å². The van der Waals surface area contributed by atoms with E-state index >= 15 is 0 Å². The largest absolute Gasteiger partial charge is 0.481 e. The minimum Gasteiger partial charge on any atom is -0.481 e. The number of hydrogen-bond donors (Lipinski definition) is 2. The summed E-state index contributed by atoms with van der Waals surface area (Å²) in [7, 11) is 0. The van der Waals surface area contributed by atoms with Gasteiger partial charge in [-0.15, -0.1) is 0 Å². The van der Waals surface area contributed by atoms with Crippen LogP contribution in [0.2, 0.25) is 0 Å². The van der Waals surface area contributed by atoms with Crippen LogP contribution in [0.4, 0.5) is 0 Å². The maximum atomic E-state index is 12.6. The second-order valence-corrected chi connectivity index (χ2v) is 17.3. The summed E-state index contributed by atoms with van der Waals surface area (Å²) in [4.78, 5) is 47.3. The minimum absolute atomic E-state index is 0.0818. The molecule has 0 heterocycles. The molecule has 0 saturated heterocycles. The molecule has 0 amide bonds. The van der Waals surface area contributed by atoms with Crippen LogP contribution < -0.4 is 0 Å². The summed E-state index contributed by atoms with van der Waals surface area (Å²) in [5, 5.41) is 18.1. The van der Waals surface area contributed by atoms with E-state index in [1.807, 2.05) is 0 Å². The molecule has 8 heteroatoms. The molecule has 0 aliphatic heterocycles. The lowest BCUT2D eigenvalue weighted by molar-refractivity contribution is -0.252. The Hall–Kier alpha value is -2.38. The Morgan fingerprint density at radius 2 is 1.37 bits per heavy atom. The number of hydrogen-bond acceptors (Lipinski definition) is 6. The summed E-state index contributed by atoms with van der Waals surface area (Å²) >= 11 is 0. The highest BCUT2D eigenvalue weighted by molar-refractivity contribution is 5.77. The Balaban J connectivity index is 1.38. The molecule has 0 aromatic carbocycles. The molecule has 8 nitrogen and oxygen atoms in total. The molecule has 0 spiro atoms. The number of ether oxygens (including phenoxy) is 2. The minimum atomic E-state index is -0.980. The maximum Gasteiger partial charge on any atom is 0.306 e. The molecule has 0 aromatic rings. The van der Waals surface area contributed by atoms with Gasteiger partial charge in [-0.25, -0.2) is 0 Å². The zero-order chi connectivity index (χ0) is 33.9. The Labute approximate surface area is 275 Å². The second kappa shape index (κ2) is 12.3. The van der Waals surface area contributed by atoms with Crippen LogP contribution in [0, 0.1) is 56.7 Å². The van der Waals surface area contributed by atoms with Gasteiger partial charge in [0, 0.05) is 10.8 Å². The Morgan fingerprint density at radius 3 is 2.00 bits per heavy atom. The van der Waals surface area contributed by atoms with E-state index in [1.54, 1.807) is 0 Å². The predicted molar refractivity (Wildman–Crippen MR) is 174 cm³/mol. The number of carboxylic acid groups (broad SMARTS) is 2. The zero-order valence-corrected chi connectivity index (χ0v) is 29.1. The summed E-state index contributed by atoms with van der Waals surface area (Å²) in [6.07, 6.45) is 9.79. The molecule has 5 fully saturated rings.